The average molecular weight is 257 g/mol. The summed E-state index contributed by atoms with van der Waals surface area (Å²) < 4.78 is 4.65. The van der Waals surface area contributed by atoms with Gasteiger partial charge in [-0.15, -0.1) is 0 Å². The van der Waals surface area contributed by atoms with Gasteiger partial charge in [0.2, 0.25) is 0 Å². The Labute approximate surface area is 106 Å². The van der Waals surface area contributed by atoms with Crippen LogP contribution in [0.25, 0.3) is 0 Å². The van der Waals surface area contributed by atoms with Crippen LogP contribution in [0.5, 0.6) is 0 Å². The molecule has 2 N–H and O–H groups in total. The van der Waals surface area contributed by atoms with Crippen molar-refractivity contribution in [1.29, 1.82) is 0 Å². The molecule has 1 aliphatic heterocycles. The lowest BCUT2D eigenvalue weighted by Gasteiger charge is -2.44. The van der Waals surface area contributed by atoms with Gasteiger partial charge in [-0.25, -0.2) is 9.59 Å². The van der Waals surface area contributed by atoms with Crippen LogP contribution in [0, 0.1) is 11.8 Å². The first-order valence-corrected chi connectivity index (χ1v) is 6.28. The lowest BCUT2D eigenvalue weighted by molar-refractivity contribution is -0.146. The number of aliphatic hydroxyl groups excluding tert-OH is 1. The molecule has 6 nitrogen and oxygen atoms in total. The summed E-state index contributed by atoms with van der Waals surface area (Å²) in [6.07, 6.45) is 1.72. The van der Waals surface area contributed by atoms with Gasteiger partial charge in [-0.05, 0) is 37.5 Å². The zero-order valence-corrected chi connectivity index (χ0v) is 10.4. The fourth-order valence-corrected chi connectivity index (χ4v) is 3.18. The number of aliphatic carboxylic acids is 1. The second-order valence-corrected chi connectivity index (χ2v) is 5.20. The van der Waals surface area contributed by atoms with E-state index < -0.39 is 18.1 Å². The van der Waals surface area contributed by atoms with Gasteiger partial charge in [-0.2, -0.15) is 0 Å². The molecule has 18 heavy (non-hydrogen) atoms. The van der Waals surface area contributed by atoms with Crippen molar-refractivity contribution in [3.05, 3.63) is 0 Å². The highest BCUT2D eigenvalue weighted by Gasteiger charge is 2.43. The minimum absolute atomic E-state index is 0.191. The number of ether oxygens (including phenoxy) is 1. The second-order valence-electron chi connectivity index (χ2n) is 5.20. The Morgan fingerprint density at radius 2 is 1.94 bits per heavy atom. The van der Waals surface area contributed by atoms with Crippen molar-refractivity contribution >= 4 is 12.1 Å². The topological polar surface area (TPSA) is 87.1 Å². The number of carboxylic acids is 1. The largest absolute Gasteiger partial charge is 0.480 e. The molecule has 2 aliphatic rings. The van der Waals surface area contributed by atoms with Crippen LogP contribution in [-0.2, 0) is 9.53 Å². The first kappa shape index (κ1) is 13.1. The lowest BCUT2D eigenvalue weighted by Crippen LogP contribution is -2.54. The summed E-state index contributed by atoms with van der Waals surface area (Å²) in [5.74, 6) is -0.530. The van der Waals surface area contributed by atoms with E-state index >= 15 is 0 Å². The molecule has 0 aromatic carbocycles. The van der Waals surface area contributed by atoms with Crippen molar-refractivity contribution in [2.75, 3.05) is 13.7 Å². The number of rotatable bonds is 1. The van der Waals surface area contributed by atoms with Crippen LogP contribution in [0.4, 0.5) is 4.79 Å². The Kier molecular flexibility index (Phi) is 3.75. The number of aliphatic hydroxyl groups is 1. The maximum absolute atomic E-state index is 11.6. The molecular weight excluding hydrogens is 238 g/mol. The molecule has 6 heteroatoms. The molecule has 1 amide bonds. The van der Waals surface area contributed by atoms with E-state index in [1.807, 2.05) is 0 Å². The molecule has 1 aliphatic carbocycles. The molecule has 2 fully saturated rings. The standard InChI is InChI=1S/C12H19NO5/c1-18-12(17)13-6-7-2-3-9(14)4-8(7)5-10(13)11(15)16/h7-10,14H,2-6H2,1H3,(H,15,16)/t7-,8-,9-,10-/m0/s1. The number of carbonyl (C=O) groups is 2. The molecule has 0 spiro atoms. The van der Waals surface area contributed by atoms with Gasteiger partial charge in [0.1, 0.15) is 6.04 Å². The van der Waals surface area contributed by atoms with Crippen LogP contribution in [0.2, 0.25) is 0 Å². The molecular formula is C12H19NO5. The number of hydrogen-bond donors (Lipinski definition) is 2. The fraction of sp³-hybridized carbons (Fsp3) is 0.833. The monoisotopic (exact) mass is 257 g/mol. The average Bonchev–Trinajstić information content (AvgIpc) is 2.36. The molecule has 4 atom stereocenters. The number of nitrogens with zero attached hydrogens (tertiary/aromatic N) is 1. The third-order valence-electron chi connectivity index (χ3n) is 4.14. The van der Waals surface area contributed by atoms with Gasteiger partial charge < -0.3 is 14.9 Å². The third kappa shape index (κ3) is 2.43. The normalized spacial score (nSPS) is 35.8. The van der Waals surface area contributed by atoms with Crippen LogP contribution in [0.1, 0.15) is 25.7 Å². The van der Waals surface area contributed by atoms with Crippen LogP contribution >= 0.6 is 0 Å². The van der Waals surface area contributed by atoms with Crippen molar-refractivity contribution in [2.45, 2.75) is 37.8 Å². The Hall–Kier alpha value is -1.30. The van der Waals surface area contributed by atoms with E-state index in [0.717, 1.165) is 12.8 Å². The molecule has 2 rings (SSSR count). The van der Waals surface area contributed by atoms with E-state index in [4.69, 9.17) is 0 Å². The Morgan fingerprint density at radius 3 is 2.56 bits per heavy atom. The number of amides is 1. The maximum atomic E-state index is 11.6. The molecule has 0 aromatic heterocycles. The van der Waals surface area contributed by atoms with E-state index in [1.54, 1.807) is 0 Å². The molecule has 0 aromatic rings. The predicted octanol–water partition coefficient (Wildman–Crippen LogP) is 0.689. The first-order valence-electron chi connectivity index (χ1n) is 6.28. The molecule has 102 valence electrons. The Balaban J connectivity index is 2.13. The number of carboxylic acid groups (broad SMARTS) is 1. The minimum atomic E-state index is -1.00. The van der Waals surface area contributed by atoms with Crippen LogP contribution in [-0.4, -0.2) is 53.0 Å². The molecule has 1 saturated heterocycles. The number of carbonyl (C=O) groups excluding carboxylic acids is 1. The predicted molar refractivity (Wildman–Crippen MR) is 62.0 cm³/mol. The van der Waals surface area contributed by atoms with E-state index in [2.05, 4.69) is 4.74 Å². The summed E-state index contributed by atoms with van der Waals surface area (Å²) in [5, 5.41) is 18.8. The second kappa shape index (κ2) is 5.14. The molecule has 0 radical (unpaired) electrons. The van der Waals surface area contributed by atoms with Crippen LogP contribution in [0.3, 0.4) is 0 Å². The summed E-state index contributed by atoms with van der Waals surface area (Å²) in [6, 6.07) is -0.830. The van der Waals surface area contributed by atoms with E-state index in [1.165, 1.54) is 12.0 Å². The van der Waals surface area contributed by atoms with Crippen molar-refractivity contribution < 1.29 is 24.5 Å². The Bertz CT molecular complexity index is 345. The van der Waals surface area contributed by atoms with Gasteiger partial charge in [-0.3, -0.25) is 4.90 Å². The summed E-state index contributed by atoms with van der Waals surface area (Å²) in [4.78, 5) is 24.1. The Morgan fingerprint density at radius 1 is 1.22 bits per heavy atom. The number of likely N-dealkylation sites (tertiary alicyclic amines) is 1. The number of piperidine rings is 1. The number of hydrogen-bond acceptors (Lipinski definition) is 4. The van der Waals surface area contributed by atoms with Gasteiger partial charge in [0.05, 0.1) is 13.2 Å². The van der Waals surface area contributed by atoms with Gasteiger partial charge in [-0.1, -0.05) is 0 Å². The summed E-state index contributed by atoms with van der Waals surface area (Å²) in [5.41, 5.74) is 0. The highest BCUT2D eigenvalue weighted by Crippen LogP contribution is 2.38. The van der Waals surface area contributed by atoms with E-state index in [0.29, 0.717) is 19.4 Å². The quantitative estimate of drug-likeness (QED) is 0.721. The van der Waals surface area contributed by atoms with Crippen LogP contribution < -0.4 is 0 Å². The fourth-order valence-electron chi connectivity index (χ4n) is 3.18. The van der Waals surface area contributed by atoms with Crippen molar-refractivity contribution in [3.8, 4) is 0 Å². The SMILES string of the molecule is COC(=O)N1C[C@@H]2CC[C@H](O)C[C@H]2C[C@H]1C(=O)O. The highest BCUT2D eigenvalue weighted by atomic mass is 16.5. The van der Waals surface area contributed by atoms with E-state index in [-0.39, 0.29) is 17.9 Å². The maximum Gasteiger partial charge on any atom is 0.410 e. The van der Waals surface area contributed by atoms with Crippen LogP contribution in [0.15, 0.2) is 0 Å². The highest BCUT2D eigenvalue weighted by molar-refractivity contribution is 5.80. The zero-order valence-electron chi connectivity index (χ0n) is 10.4. The van der Waals surface area contributed by atoms with E-state index in [9.17, 15) is 19.8 Å². The molecule has 0 bridgehead atoms. The minimum Gasteiger partial charge on any atom is -0.480 e. The molecule has 0 unspecified atom stereocenters. The third-order valence-corrected chi connectivity index (χ3v) is 4.14. The smallest absolute Gasteiger partial charge is 0.410 e. The lowest BCUT2D eigenvalue weighted by atomic mass is 9.72. The van der Waals surface area contributed by atoms with Crippen molar-refractivity contribution in [1.82, 2.24) is 4.90 Å². The first-order chi connectivity index (χ1) is 8.52. The van der Waals surface area contributed by atoms with Gasteiger partial charge >= 0.3 is 12.1 Å². The van der Waals surface area contributed by atoms with Crippen molar-refractivity contribution in [2.24, 2.45) is 11.8 Å². The summed E-state index contributed by atoms with van der Waals surface area (Å²) in [6.45, 7) is 0.418. The zero-order chi connectivity index (χ0) is 13.3. The summed E-state index contributed by atoms with van der Waals surface area (Å²) >= 11 is 0. The molecule has 1 saturated carbocycles. The molecule has 1 heterocycles. The summed E-state index contributed by atoms with van der Waals surface area (Å²) in [7, 11) is 1.26. The van der Waals surface area contributed by atoms with Gasteiger partial charge in [0, 0.05) is 6.54 Å². The van der Waals surface area contributed by atoms with Gasteiger partial charge in [0.15, 0.2) is 0 Å². The number of methoxy groups -OCH3 is 1. The van der Waals surface area contributed by atoms with Crippen molar-refractivity contribution in [3.63, 3.8) is 0 Å². The van der Waals surface area contributed by atoms with Gasteiger partial charge in [0.25, 0.3) is 0 Å². The number of fused-ring (bicyclic) bond motifs is 1.